The molecule has 7 nitrogen and oxygen atoms in total. The van der Waals surface area contributed by atoms with E-state index >= 15 is 0 Å². The SMILES string of the molecule is CCN(CC)C(=O)[C@H](OC(=O)c1cccc(S(=O)(=O)N2CCCCCC2)c1)c1ccccc1. The molecule has 33 heavy (non-hydrogen) atoms. The number of esters is 1. The summed E-state index contributed by atoms with van der Waals surface area (Å²) in [6.07, 6.45) is 2.57. The lowest BCUT2D eigenvalue weighted by atomic mass is 10.1. The zero-order valence-electron chi connectivity index (χ0n) is 19.3. The fraction of sp³-hybridized carbons (Fsp3) is 0.440. The Labute approximate surface area is 196 Å². The van der Waals surface area contributed by atoms with Gasteiger partial charge in [0.2, 0.25) is 16.1 Å². The van der Waals surface area contributed by atoms with E-state index in [4.69, 9.17) is 4.74 Å². The molecule has 0 bridgehead atoms. The van der Waals surface area contributed by atoms with Gasteiger partial charge in [0.25, 0.3) is 5.91 Å². The summed E-state index contributed by atoms with van der Waals surface area (Å²) in [5, 5.41) is 0. The second kappa shape index (κ2) is 11.4. The third kappa shape index (κ3) is 6.00. The average molecular weight is 473 g/mol. The first-order valence-electron chi connectivity index (χ1n) is 11.5. The minimum Gasteiger partial charge on any atom is -0.444 e. The number of amides is 1. The van der Waals surface area contributed by atoms with Crippen molar-refractivity contribution >= 4 is 21.9 Å². The van der Waals surface area contributed by atoms with Gasteiger partial charge in [0.1, 0.15) is 0 Å². The van der Waals surface area contributed by atoms with Crippen molar-refractivity contribution < 1.29 is 22.7 Å². The highest BCUT2D eigenvalue weighted by Crippen LogP contribution is 2.25. The predicted molar refractivity (Wildman–Crippen MR) is 126 cm³/mol. The molecule has 1 aliphatic rings. The minimum atomic E-state index is -3.71. The summed E-state index contributed by atoms with van der Waals surface area (Å²) in [5.74, 6) is -1.05. The first-order chi connectivity index (χ1) is 15.9. The number of likely N-dealkylation sites (N-methyl/N-ethyl adjacent to an activating group) is 1. The van der Waals surface area contributed by atoms with Gasteiger partial charge < -0.3 is 9.64 Å². The van der Waals surface area contributed by atoms with Gasteiger partial charge in [-0.3, -0.25) is 4.79 Å². The summed E-state index contributed by atoms with van der Waals surface area (Å²) in [7, 11) is -3.71. The molecule has 1 aliphatic heterocycles. The normalized spacial score (nSPS) is 15.9. The van der Waals surface area contributed by atoms with Crippen LogP contribution in [0.2, 0.25) is 0 Å². The van der Waals surface area contributed by atoms with Crippen molar-refractivity contribution in [3.05, 3.63) is 65.7 Å². The molecule has 0 radical (unpaired) electrons. The average Bonchev–Trinajstić information content (AvgIpc) is 3.14. The summed E-state index contributed by atoms with van der Waals surface area (Å²) < 4.78 is 33.4. The molecule has 1 saturated heterocycles. The number of hydrogen-bond acceptors (Lipinski definition) is 5. The van der Waals surface area contributed by atoms with Gasteiger partial charge in [-0.15, -0.1) is 0 Å². The molecule has 178 valence electrons. The second-order valence-electron chi connectivity index (χ2n) is 8.05. The van der Waals surface area contributed by atoms with E-state index in [1.54, 1.807) is 29.2 Å². The Hall–Kier alpha value is -2.71. The molecule has 3 rings (SSSR count). The molecule has 1 heterocycles. The van der Waals surface area contributed by atoms with Crippen molar-refractivity contribution in [1.82, 2.24) is 9.21 Å². The van der Waals surface area contributed by atoms with E-state index in [2.05, 4.69) is 0 Å². The van der Waals surface area contributed by atoms with E-state index in [1.807, 2.05) is 19.9 Å². The maximum absolute atomic E-state index is 13.1. The molecular formula is C25H32N2O5S. The number of nitrogens with zero attached hydrogens (tertiary/aromatic N) is 2. The summed E-state index contributed by atoms with van der Waals surface area (Å²) in [6.45, 7) is 5.65. The molecule has 2 aromatic rings. The first kappa shape index (κ1) is 24.9. The zero-order chi connectivity index (χ0) is 23.8. The van der Waals surface area contributed by atoms with Crippen LogP contribution in [0.25, 0.3) is 0 Å². The van der Waals surface area contributed by atoms with Gasteiger partial charge in [-0.2, -0.15) is 4.31 Å². The summed E-state index contributed by atoms with van der Waals surface area (Å²) in [5.41, 5.74) is 0.662. The fourth-order valence-corrected chi connectivity index (χ4v) is 5.54. The van der Waals surface area contributed by atoms with E-state index in [-0.39, 0.29) is 16.4 Å². The van der Waals surface area contributed by atoms with E-state index in [0.29, 0.717) is 31.7 Å². The van der Waals surface area contributed by atoms with E-state index in [0.717, 1.165) is 25.7 Å². The van der Waals surface area contributed by atoms with Crippen LogP contribution in [0, 0.1) is 0 Å². The van der Waals surface area contributed by atoms with Gasteiger partial charge in [-0.25, -0.2) is 13.2 Å². The van der Waals surface area contributed by atoms with Crippen LogP contribution >= 0.6 is 0 Å². The summed E-state index contributed by atoms with van der Waals surface area (Å²) in [6, 6.07) is 14.7. The van der Waals surface area contributed by atoms with Gasteiger partial charge >= 0.3 is 5.97 Å². The Morgan fingerprint density at radius 3 is 2.18 bits per heavy atom. The van der Waals surface area contributed by atoms with Gasteiger partial charge in [-0.1, -0.05) is 49.2 Å². The monoisotopic (exact) mass is 472 g/mol. The van der Waals surface area contributed by atoms with Crippen LogP contribution in [0.15, 0.2) is 59.5 Å². The van der Waals surface area contributed by atoms with Crippen LogP contribution < -0.4 is 0 Å². The Balaban J connectivity index is 1.86. The highest BCUT2D eigenvalue weighted by atomic mass is 32.2. The fourth-order valence-electron chi connectivity index (χ4n) is 3.98. The Morgan fingerprint density at radius 2 is 1.58 bits per heavy atom. The number of hydrogen-bond donors (Lipinski definition) is 0. The Morgan fingerprint density at radius 1 is 0.939 bits per heavy atom. The number of rotatable bonds is 8. The van der Waals surface area contributed by atoms with E-state index in [1.165, 1.54) is 28.6 Å². The third-order valence-electron chi connectivity index (χ3n) is 5.90. The highest BCUT2D eigenvalue weighted by Gasteiger charge is 2.30. The van der Waals surface area contributed by atoms with Crippen LogP contribution in [-0.4, -0.2) is 55.7 Å². The molecule has 2 aromatic carbocycles. The van der Waals surface area contributed by atoms with Crippen molar-refractivity contribution in [3.8, 4) is 0 Å². The molecule has 0 aromatic heterocycles. The molecule has 8 heteroatoms. The van der Waals surface area contributed by atoms with Crippen molar-refractivity contribution in [2.75, 3.05) is 26.2 Å². The number of sulfonamides is 1. The number of benzene rings is 2. The summed E-state index contributed by atoms with van der Waals surface area (Å²) in [4.78, 5) is 27.8. The zero-order valence-corrected chi connectivity index (χ0v) is 20.1. The molecule has 0 aliphatic carbocycles. The standard InChI is InChI=1S/C25H32N2O5S/c1-3-26(4-2)24(28)23(20-13-8-7-9-14-20)32-25(29)21-15-12-16-22(19-21)33(30,31)27-17-10-5-6-11-18-27/h7-9,12-16,19,23H,3-6,10-11,17-18H2,1-2H3/t23-/m1/s1. The lowest BCUT2D eigenvalue weighted by molar-refractivity contribution is -0.140. The van der Waals surface area contributed by atoms with Gasteiger partial charge in [0.15, 0.2) is 0 Å². The Bertz CT molecular complexity index is 1040. The van der Waals surface area contributed by atoms with Crippen LogP contribution in [0.3, 0.4) is 0 Å². The molecular weight excluding hydrogens is 440 g/mol. The molecule has 1 fully saturated rings. The third-order valence-corrected chi connectivity index (χ3v) is 7.79. The Kier molecular flexibility index (Phi) is 8.63. The second-order valence-corrected chi connectivity index (χ2v) is 9.99. The molecule has 0 N–H and O–H groups in total. The number of carbonyl (C=O) groups excluding carboxylic acids is 2. The van der Waals surface area contributed by atoms with Crippen LogP contribution in [-0.2, 0) is 19.6 Å². The van der Waals surface area contributed by atoms with Gasteiger partial charge in [0.05, 0.1) is 10.5 Å². The van der Waals surface area contributed by atoms with Crippen molar-refractivity contribution in [1.29, 1.82) is 0 Å². The van der Waals surface area contributed by atoms with Crippen molar-refractivity contribution in [2.45, 2.75) is 50.5 Å². The molecule has 1 amide bonds. The topological polar surface area (TPSA) is 84.0 Å². The van der Waals surface area contributed by atoms with Crippen LogP contribution in [0.4, 0.5) is 0 Å². The molecule has 0 saturated carbocycles. The quantitative estimate of drug-likeness (QED) is 0.542. The van der Waals surface area contributed by atoms with E-state index in [9.17, 15) is 18.0 Å². The first-order valence-corrected chi connectivity index (χ1v) is 13.0. The highest BCUT2D eigenvalue weighted by molar-refractivity contribution is 7.89. The molecule has 0 spiro atoms. The number of ether oxygens (including phenoxy) is 1. The lowest BCUT2D eigenvalue weighted by Gasteiger charge is -2.25. The van der Waals surface area contributed by atoms with Gasteiger partial charge in [0, 0.05) is 31.7 Å². The van der Waals surface area contributed by atoms with Crippen molar-refractivity contribution in [2.24, 2.45) is 0 Å². The predicted octanol–water partition coefficient (Wildman–Crippen LogP) is 4.02. The maximum atomic E-state index is 13.1. The smallest absolute Gasteiger partial charge is 0.339 e. The maximum Gasteiger partial charge on any atom is 0.339 e. The van der Waals surface area contributed by atoms with Crippen molar-refractivity contribution in [3.63, 3.8) is 0 Å². The molecule has 1 atom stereocenters. The van der Waals surface area contributed by atoms with Crippen LogP contribution in [0.5, 0.6) is 0 Å². The number of carbonyl (C=O) groups is 2. The lowest BCUT2D eigenvalue weighted by Crippen LogP contribution is -2.36. The molecule has 0 unspecified atom stereocenters. The minimum absolute atomic E-state index is 0.0604. The largest absolute Gasteiger partial charge is 0.444 e. The van der Waals surface area contributed by atoms with E-state index < -0.39 is 22.1 Å². The van der Waals surface area contributed by atoms with Gasteiger partial charge in [-0.05, 0) is 44.9 Å². The van der Waals surface area contributed by atoms with Crippen LogP contribution in [0.1, 0.15) is 61.6 Å². The summed E-state index contributed by atoms with van der Waals surface area (Å²) >= 11 is 0.